The summed E-state index contributed by atoms with van der Waals surface area (Å²) in [6.07, 6.45) is -0.952. The highest BCUT2D eigenvalue weighted by atomic mass is 35.5. The van der Waals surface area contributed by atoms with Gasteiger partial charge in [-0.1, -0.05) is 53.5 Å². The molecule has 0 radical (unpaired) electrons. The Labute approximate surface area is 208 Å². The zero-order valence-electron chi connectivity index (χ0n) is 18.3. The van der Waals surface area contributed by atoms with Crippen molar-refractivity contribution in [2.75, 3.05) is 23.9 Å². The van der Waals surface area contributed by atoms with Crippen molar-refractivity contribution in [1.82, 2.24) is 5.32 Å². The van der Waals surface area contributed by atoms with Gasteiger partial charge in [-0.3, -0.25) is 4.79 Å². The molecule has 1 aliphatic heterocycles. The Morgan fingerprint density at radius 1 is 1.06 bits per heavy atom. The Kier molecular flexibility index (Phi) is 6.70. The lowest BCUT2D eigenvalue weighted by atomic mass is 10.00. The molecule has 1 heterocycles. The number of halogens is 2. The van der Waals surface area contributed by atoms with Crippen molar-refractivity contribution in [3.63, 3.8) is 0 Å². The van der Waals surface area contributed by atoms with E-state index in [-0.39, 0.29) is 5.91 Å². The molecule has 3 aromatic carbocycles. The van der Waals surface area contributed by atoms with Crippen LogP contribution in [0.3, 0.4) is 0 Å². The number of carbonyl (C=O) groups excluding carboxylic acids is 1. The number of aryl methyl sites for hydroxylation is 1. The standard InChI is InChI=1S/C25H22Cl2N4OS/c1-15-7-6-8-17(13-15)30(2)25(33)29-23-24(32)31(3)21-12-11-16(26)14-19(21)22(28-23)18-9-4-5-10-20(18)27/h4-14,23H,1-3H3,(H,29,33). The van der Waals surface area contributed by atoms with E-state index < -0.39 is 6.17 Å². The van der Waals surface area contributed by atoms with E-state index in [1.807, 2.05) is 67.4 Å². The van der Waals surface area contributed by atoms with Gasteiger partial charge in [0.1, 0.15) is 0 Å². The third kappa shape index (κ3) is 4.74. The minimum atomic E-state index is -0.952. The fourth-order valence-electron chi connectivity index (χ4n) is 3.68. The van der Waals surface area contributed by atoms with E-state index in [0.29, 0.717) is 37.7 Å². The van der Waals surface area contributed by atoms with Gasteiger partial charge in [0.15, 0.2) is 5.11 Å². The van der Waals surface area contributed by atoms with Gasteiger partial charge in [0.05, 0.1) is 11.4 Å². The molecule has 0 fully saturated rings. The number of nitrogens with zero attached hydrogens (tertiary/aromatic N) is 3. The summed E-state index contributed by atoms with van der Waals surface area (Å²) in [7, 11) is 3.56. The second kappa shape index (κ2) is 9.51. The summed E-state index contributed by atoms with van der Waals surface area (Å²) in [5.41, 5.74) is 4.69. The first kappa shape index (κ1) is 23.2. The van der Waals surface area contributed by atoms with Crippen LogP contribution in [0.1, 0.15) is 16.7 Å². The van der Waals surface area contributed by atoms with E-state index in [2.05, 4.69) is 5.32 Å². The summed E-state index contributed by atoms with van der Waals surface area (Å²) >= 11 is 18.5. The molecule has 4 rings (SSSR count). The van der Waals surface area contributed by atoms with Crippen molar-refractivity contribution in [2.24, 2.45) is 4.99 Å². The predicted octanol–water partition coefficient (Wildman–Crippen LogP) is 5.45. The summed E-state index contributed by atoms with van der Waals surface area (Å²) in [5.74, 6) is -0.249. The van der Waals surface area contributed by atoms with Crippen LogP contribution in [0.15, 0.2) is 71.7 Å². The zero-order valence-corrected chi connectivity index (χ0v) is 20.7. The van der Waals surface area contributed by atoms with Gasteiger partial charge in [-0.15, -0.1) is 0 Å². The first-order valence-corrected chi connectivity index (χ1v) is 11.4. The van der Waals surface area contributed by atoms with Crippen LogP contribution < -0.4 is 15.1 Å². The van der Waals surface area contributed by atoms with Gasteiger partial charge in [0, 0.05) is 41.0 Å². The summed E-state index contributed by atoms with van der Waals surface area (Å²) in [4.78, 5) is 21.6. The van der Waals surface area contributed by atoms with Crippen LogP contribution in [-0.4, -0.2) is 37.0 Å². The molecule has 33 heavy (non-hydrogen) atoms. The van der Waals surface area contributed by atoms with Gasteiger partial charge in [0.2, 0.25) is 6.17 Å². The molecular weight excluding hydrogens is 475 g/mol. The van der Waals surface area contributed by atoms with Crippen molar-refractivity contribution in [1.29, 1.82) is 0 Å². The molecular formula is C25H22Cl2N4OS. The summed E-state index contributed by atoms with van der Waals surface area (Å²) in [6, 6.07) is 20.7. The van der Waals surface area contributed by atoms with Gasteiger partial charge in [-0.05, 0) is 61.1 Å². The van der Waals surface area contributed by atoms with Crippen LogP contribution in [0, 0.1) is 6.92 Å². The quantitative estimate of drug-likeness (QED) is 0.489. The highest BCUT2D eigenvalue weighted by molar-refractivity contribution is 7.80. The third-order valence-corrected chi connectivity index (χ3v) is 6.44. The Balaban J connectivity index is 1.77. The lowest BCUT2D eigenvalue weighted by molar-refractivity contribution is -0.119. The van der Waals surface area contributed by atoms with Gasteiger partial charge in [0.25, 0.3) is 5.91 Å². The lowest BCUT2D eigenvalue weighted by Crippen LogP contribution is -2.49. The number of hydrogen-bond donors (Lipinski definition) is 1. The monoisotopic (exact) mass is 496 g/mol. The molecule has 1 unspecified atom stereocenters. The molecule has 1 N–H and O–H groups in total. The van der Waals surface area contributed by atoms with E-state index in [4.69, 9.17) is 40.4 Å². The number of hydrogen-bond acceptors (Lipinski definition) is 3. The highest BCUT2D eigenvalue weighted by Crippen LogP contribution is 2.32. The molecule has 0 bridgehead atoms. The number of amides is 1. The maximum Gasteiger partial charge on any atom is 0.272 e. The highest BCUT2D eigenvalue weighted by Gasteiger charge is 2.31. The Morgan fingerprint density at radius 2 is 1.82 bits per heavy atom. The Bertz CT molecular complexity index is 1280. The zero-order chi connectivity index (χ0) is 23.7. The van der Waals surface area contributed by atoms with E-state index in [0.717, 1.165) is 11.3 Å². The molecule has 168 valence electrons. The lowest BCUT2D eigenvalue weighted by Gasteiger charge is -2.26. The molecule has 0 saturated heterocycles. The molecule has 0 spiro atoms. The molecule has 3 aromatic rings. The van der Waals surface area contributed by atoms with E-state index in [1.54, 1.807) is 30.1 Å². The minimum Gasteiger partial charge on any atom is -0.333 e. The van der Waals surface area contributed by atoms with E-state index in [9.17, 15) is 4.79 Å². The number of thiocarbonyl (C=S) groups is 1. The summed E-state index contributed by atoms with van der Waals surface area (Å²) < 4.78 is 0. The number of aliphatic imine (C=N–C) groups is 1. The van der Waals surface area contributed by atoms with Gasteiger partial charge >= 0.3 is 0 Å². The molecule has 1 aliphatic rings. The van der Waals surface area contributed by atoms with E-state index >= 15 is 0 Å². The molecule has 5 nitrogen and oxygen atoms in total. The van der Waals surface area contributed by atoms with Crippen molar-refractivity contribution in [2.45, 2.75) is 13.1 Å². The summed E-state index contributed by atoms with van der Waals surface area (Å²) in [6.45, 7) is 2.01. The summed E-state index contributed by atoms with van der Waals surface area (Å²) in [5, 5.41) is 4.56. The maximum absolute atomic E-state index is 13.4. The maximum atomic E-state index is 13.4. The molecule has 0 saturated carbocycles. The van der Waals surface area contributed by atoms with Crippen molar-refractivity contribution >= 4 is 63.5 Å². The minimum absolute atomic E-state index is 0.249. The molecule has 8 heteroatoms. The topological polar surface area (TPSA) is 47.9 Å². The third-order valence-electron chi connectivity index (χ3n) is 5.48. The number of anilines is 2. The second-order valence-electron chi connectivity index (χ2n) is 7.77. The van der Waals surface area contributed by atoms with Crippen LogP contribution in [0.4, 0.5) is 11.4 Å². The van der Waals surface area contributed by atoms with Gasteiger partial charge in [-0.25, -0.2) is 4.99 Å². The number of benzene rings is 3. The van der Waals surface area contributed by atoms with Crippen LogP contribution in [0.25, 0.3) is 0 Å². The first-order chi connectivity index (χ1) is 15.8. The Hall–Kier alpha value is -2.93. The van der Waals surface area contributed by atoms with Gasteiger partial charge < -0.3 is 15.1 Å². The number of fused-ring (bicyclic) bond motifs is 1. The predicted molar refractivity (Wildman–Crippen MR) is 141 cm³/mol. The van der Waals surface area contributed by atoms with Crippen molar-refractivity contribution < 1.29 is 4.79 Å². The SMILES string of the molecule is Cc1cccc(N(C)C(=S)NC2N=C(c3ccccc3Cl)c3cc(Cl)ccc3N(C)C2=O)c1. The fourth-order valence-corrected chi connectivity index (χ4v) is 4.29. The average Bonchev–Trinajstić information content (AvgIpc) is 2.89. The molecule has 0 aromatic heterocycles. The van der Waals surface area contributed by atoms with E-state index in [1.165, 1.54) is 0 Å². The van der Waals surface area contributed by atoms with Crippen LogP contribution in [-0.2, 0) is 4.79 Å². The first-order valence-electron chi connectivity index (χ1n) is 10.3. The number of benzodiazepines with no additional fused rings is 1. The van der Waals surface area contributed by atoms with Crippen LogP contribution in [0.2, 0.25) is 10.0 Å². The molecule has 1 atom stereocenters. The second-order valence-corrected chi connectivity index (χ2v) is 9.00. The normalized spacial score (nSPS) is 15.4. The Morgan fingerprint density at radius 3 is 2.55 bits per heavy atom. The number of carbonyl (C=O) groups is 1. The number of nitrogens with one attached hydrogen (secondary N) is 1. The number of rotatable bonds is 3. The average molecular weight is 497 g/mol. The van der Waals surface area contributed by atoms with Crippen molar-refractivity contribution in [3.05, 3.63) is 93.5 Å². The number of likely N-dealkylation sites (N-methyl/N-ethyl adjacent to an activating group) is 1. The fraction of sp³-hybridized carbons (Fsp3) is 0.160. The van der Waals surface area contributed by atoms with Crippen LogP contribution >= 0.6 is 35.4 Å². The molecule has 1 amide bonds. The van der Waals surface area contributed by atoms with Gasteiger partial charge in [-0.2, -0.15) is 0 Å². The molecule has 0 aliphatic carbocycles. The largest absolute Gasteiger partial charge is 0.333 e. The van der Waals surface area contributed by atoms with Crippen LogP contribution in [0.5, 0.6) is 0 Å². The van der Waals surface area contributed by atoms with Crippen molar-refractivity contribution in [3.8, 4) is 0 Å². The smallest absolute Gasteiger partial charge is 0.272 e.